The molecule has 558 valence electrons. The minimum absolute atomic E-state index is 0.113. The molecule has 6 aliphatic heterocycles. The number of aliphatic hydroxyl groups excluding tert-OH is 13. The average Bonchev–Trinajstić information content (AvgIpc) is 1.75. The van der Waals surface area contributed by atoms with E-state index in [4.69, 9.17) is 44.6 Å². The van der Waals surface area contributed by atoms with Gasteiger partial charge in [-0.15, -0.1) is 0 Å². The molecule has 0 radical (unpaired) electrons. The van der Waals surface area contributed by atoms with E-state index in [1.165, 1.54) is 24.3 Å². The highest BCUT2D eigenvalue weighted by Gasteiger charge is 2.55. The largest absolute Gasteiger partial charge is 0.508 e. The molecule has 3 aromatic carbocycles. The number of nitrogens with two attached hydrogens (primary N) is 2. The van der Waals surface area contributed by atoms with Crippen LogP contribution in [0, 0.1) is 0 Å². The topological polar surface area (TPSA) is 611 Å². The zero-order valence-electron chi connectivity index (χ0n) is 54.2. The van der Waals surface area contributed by atoms with Crippen LogP contribution < -0.4 is 64.1 Å². The molecule has 0 saturated carbocycles. The molecule has 0 aliphatic carbocycles. The van der Waals surface area contributed by atoms with Gasteiger partial charge in [0.05, 0.1) is 44.6 Å². The van der Waals surface area contributed by atoms with E-state index in [0.717, 1.165) is 4.90 Å². The number of carbonyl (C=O) groups is 7. The van der Waals surface area contributed by atoms with E-state index in [0.29, 0.717) is 11.1 Å². The van der Waals surface area contributed by atoms with Crippen molar-refractivity contribution in [1.82, 2.24) is 52.8 Å². The molecule has 6 saturated heterocycles. The van der Waals surface area contributed by atoms with Crippen LogP contribution in [-0.2, 0) is 70.2 Å². The van der Waals surface area contributed by atoms with Crippen LogP contribution in [0.3, 0.4) is 0 Å². The van der Waals surface area contributed by atoms with Crippen LogP contribution in [0.4, 0.5) is 4.79 Å². The van der Waals surface area contributed by atoms with E-state index in [1.807, 2.05) is 0 Å². The Labute approximate surface area is 575 Å². The lowest BCUT2D eigenvalue weighted by molar-refractivity contribution is -0.352. The molecular weight excluding hydrogens is 1340 g/mol. The number of amides is 6. The average molecular weight is 1430 g/mol. The first-order valence-electron chi connectivity index (χ1n) is 32.4. The second-order valence-corrected chi connectivity index (χ2v) is 25.1. The summed E-state index contributed by atoms with van der Waals surface area (Å²) in [6.45, 7) is -3.82. The van der Waals surface area contributed by atoms with Crippen molar-refractivity contribution in [3.63, 3.8) is 0 Å². The van der Waals surface area contributed by atoms with E-state index in [2.05, 4.69) is 47.9 Å². The molecule has 26 N–H and O–H groups in total. The van der Waals surface area contributed by atoms with Crippen LogP contribution in [0.15, 0.2) is 84.9 Å². The quantitative estimate of drug-likeness (QED) is 0.0467. The van der Waals surface area contributed by atoms with Crippen LogP contribution in [0.5, 0.6) is 5.75 Å². The molecule has 6 heterocycles. The highest BCUT2D eigenvalue weighted by molar-refractivity contribution is 5.98. The number of hydrogen-bond acceptors (Lipinski definition) is 33. The molecule has 6 fully saturated rings. The maximum absolute atomic E-state index is 15.3. The summed E-state index contributed by atoms with van der Waals surface area (Å²) < 4.78 is 39.6. The Hall–Kier alpha value is -7.37. The molecule has 3 aromatic rings. The number of nitrogens with one attached hydrogen (secondary N) is 9. The molecule has 9 rings (SSSR count). The number of carbonyl (C=O) groups excluding carboxylic acids is 7. The van der Waals surface area contributed by atoms with Gasteiger partial charge < -0.3 is 143 Å². The van der Waals surface area contributed by atoms with Crippen LogP contribution >= 0.6 is 0 Å². The Bertz CT molecular complexity index is 3250. The van der Waals surface area contributed by atoms with Gasteiger partial charge in [0.1, 0.15) is 147 Å². The van der Waals surface area contributed by atoms with Crippen molar-refractivity contribution in [2.24, 2.45) is 11.5 Å². The van der Waals surface area contributed by atoms with Gasteiger partial charge >= 0.3 is 6.16 Å². The maximum atomic E-state index is 15.3. The zero-order chi connectivity index (χ0) is 73.1. The number of nitrogens with zero attached hydrogens (tertiary/aromatic N) is 1. The summed E-state index contributed by atoms with van der Waals surface area (Å²) in [5, 5.41) is 165. The first-order chi connectivity index (χ1) is 48.2. The van der Waals surface area contributed by atoms with Gasteiger partial charge in [0.15, 0.2) is 6.29 Å². The molecule has 39 heteroatoms. The van der Waals surface area contributed by atoms with E-state index in [9.17, 15) is 90.4 Å². The lowest BCUT2D eigenvalue weighted by Gasteiger charge is -2.47. The van der Waals surface area contributed by atoms with Crippen molar-refractivity contribution >= 4 is 41.6 Å². The summed E-state index contributed by atoms with van der Waals surface area (Å²) in [7, 11) is 0. The van der Waals surface area contributed by atoms with Gasteiger partial charge in [0.2, 0.25) is 41.7 Å². The smallest absolute Gasteiger partial charge is 0.462 e. The van der Waals surface area contributed by atoms with E-state index in [1.54, 1.807) is 67.6 Å². The van der Waals surface area contributed by atoms with Crippen molar-refractivity contribution in [3.8, 4) is 5.75 Å². The predicted molar refractivity (Wildman–Crippen MR) is 338 cm³/mol. The zero-order valence-corrected chi connectivity index (χ0v) is 54.2. The van der Waals surface area contributed by atoms with Crippen LogP contribution in [-0.4, -0.2) is 318 Å². The number of ether oxygens (including phenoxy) is 7. The Morgan fingerprint density at radius 3 is 1.80 bits per heavy atom. The molecule has 39 nitrogen and oxygen atoms in total. The van der Waals surface area contributed by atoms with Crippen molar-refractivity contribution in [3.05, 3.63) is 102 Å². The molecule has 0 bridgehead atoms. The Balaban J connectivity index is 1.02. The summed E-state index contributed by atoms with van der Waals surface area (Å²) in [5.74, 6) is -8.31. The van der Waals surface area contributed by atoms with Crippen LogP contribution in [0.25, 0.3) is 0 Å². The summed E-state index contributed by atoms with van der Waals surface area (Å²) in [6.07, 6.45) is -35.9. The fourth-order valence-electron chi connectivity index (χ4n) is 12.4. The van der Waals surface area contributed by atoms with Gasteiger partial charge in [-0.2, -0.15) is 0 Å². The highest BCUT2D eigenvalue weighted by Crippen LogP contribution is 2.33. The number of rotatable bonds is 20. The molecule has 0 spiro atoms. The second kappa shape index (κ2) is 35.2. The summed E-state index contributed by atoms with van der Waals surface area (Å²) in [5.41, 5.74) is 13.7. The van der Waals surface area contributed by atoms with E-state index in [-0.39, 0.29) is 24.5 Å². The summed E-state index contributed by atoms with van der Waals surface area (Å²) in [4.78, 5) is 102. The number of hydrogen-bond donors (Lipinski definition) is 24. The van der Waals surface area contributed by atoms with Crippen molar-refractivity contribution < 1.29 is 133 Å². The standard InChI is InChI=1S/C62H88N12O27/c1-25(28-10-6-3-7-11-28)38-54(91)68-30(16-26-12-14-29(15-13-26)97-58-50(88)47(85)51(101-59-49(87)46(84)44(82)35(22-77)99-59)36(100-58)24-96-62(94)95-23-27-8-4-2-5-9-27)53(90)72-39(41(79)31-17-66-60(63)70-31)56(93)73-40(55(92)69-32(20-75)52(89)65-19-37(78)71-38)42(80)33-18-67-61(64)74(33)57-48(86)45(83)43(81)34(21-76)98-57/h2-15,25,30-36,38-51,57-61,66-67,70,75-77,79-88H,16-24,63-64H2,1H3,(H,65,89)(H,68,91)(H,69,92)(H,71,78)(H,72,90)(H,73,93)/t25-,30+,31-,32-,33-,34+,35+,36+,38-,39-,40+,41-,42-,43+,44+,45-,46-,47+,48-,49-,50-,51+,57-,58-,59+,60?,61?/m0/s1. The van der Waals surface area contributed by atoms with Crippen molar-refractivity contribution in [2.45, 2.75) is 185 Å². The maximum Gasteiger partial charge on any atom is 0.508 e. The molecule has 6 aliphatic rings. The third-order valence-corrected chi connectivity index (χ3v) is 18.3. The normalized spacial score (nSPS) is 36.7. The molecular formula is C62H88N12O27. The van der Waals surface area contributed by atoms with Crippen LogP contribution in [0.1, 0.15) is 29.5 Å². The monoisotopic (exact) mass is 1430 g/mol. The van der Waals surface area contributed by atoms with Crippen LogP contribution in [0.2, 0.25) is 0 Å². The van der Waals surface area contributed by atoms with Gasteiger partial charge in [-0.25, -0.2) is 9.69 Å². The number of benzene rings is 3. The molecule has 0 aromatic heterocycles. The summed E-state index contributed by atoms with van der Waals surface area (Å²) in [6, 6.07) is 9.46. The van der Waals surface area contributed by atoms with Gasteiger partial charge in [0.25, 0.3) is 0 Å². The lowest BCUT2D eigenvalue weighted by Crippen LogP contribution is -2.70. The third kappa shape index (κ3) is 18.7. The second-order valence-electron chi connectivity index (χ2n) is 25.1. The fourth-order valence-corrected chi connectivity index (χ4v) is 12.4. The van der Waals surface area contributed by atoms with Crippen molar-refractivity contribution in [2.75, 3.05) is 46.1 Å². The van der Waals surface area contributed by atoms with Gasteiger partial charge in [0, 0.05) is 25.4 Å². The fraction of sp³-hybridized carbons (Fsp3) is 0.597. The van der Waals surface area contributed by atoms with E-state index >= 15 is 9.59 Å². The third-order valence-electron chi connectivity index (χ3n) is 18.3. The summed E-state index contributed by atoms with van der Waals surface area (Å²) >= 11 is 0. The molecule has 2 unspecified atom stereocenters. The Morgan fingerprint density at radius 2 is 1.16 bits per heavy atom. The predicted octanol–water partition coefficient (Wildman–Crippen LogP) is -12.2. The van der Waals surface area contributed by atoms with Gasteiger partial charge in [-0.3, -0.25) is 44.7 Å². The van der Waals surface area contributed by atoms with Crippen molar-refractivity contribution in [1.29, 1.82) is 0 Å². The highest BCUT2D eigenvalue weighted by atomic mass is 16.8. The first-order valence-corrected chi connectivity index (χ1v) is 32.4. The van der Waals surface area contributed by atoms with Gasteiger partial charge in [-0.05, 0) is 28.8 Å². The molecule has 27 atom stereocenters. The van der Waals surface area contributed by atoms with Gasteiger partial charge in [-0.1, -0.05) is 79.7 Å². The first kappa shape index (κ1) is 77.8. The number of aliphatic hydroxyl groups is 13. The van der Waals surface area contributed by atoms with E-state index < -0.39 is 253 Å². The SMILES string of the molecule is C[C@@H](c1ccccc1)[C@@H]1NC(=O)CNC(=O)[C@H](CO)NC(=O)[C@@H]([C@@H](O)[C@@H]2CNC(N)N2[C@H]2O[C@H](CO)[C@@H](O)[C@H](O)[C@@H]2O)NC(=O)[C@H]([C@@H](O)[C@@H]2CNC(N)N2)NC(=O)[C@@H](Cc2ccc(O[C@H]3O[C@H](COC(=O)OCc4ccccc4)[C@@H](O[C@H]4O[C@H](CO)[C@@H](O)[C@H](O)[C@@H]4O)[C@H](O)[C@@H]3O)cc2)NC1=O. The lowest BCUT2D eigenvalue weighted by atomic mass is 9.92. The minimum Gasteiger partial charge on any atom is -0.462 e. The molecule has 101 heavy (non-hydrogen) atoms. The molecule has 6 amide bonds. The Kier molecular flexibility index (Phi) is 27.1. The minimum atomic E-state index is -2.32. The Morgan fingerprint density at radius 1 is 0.574 bits per heavy atom.